The molecule has 6 heteroatoms. The van der Waals surface area contributed by atoms with E-state index in [1.807, 2.05) is 18.2 Å². The van der Waals surface area contributed by atoms with Gasteiger partial charge in [0.1, 0.15) is 5.82 Å². The number of carbonyl (C=O) groups is 2. The van der Waals surface area contributed by atoms with Crippen molar-refractivity contribution in [1.29, 1.82) is 0 Å². The molecule has 2 aromatic rings. The summed E-state index contributed by atoms with van der Waals surface area (Å²) in [7, 11) is 0. The van der Waals surface area contributed by atoms with Gasteiger partial charge in [0.15, 0.2) is 0 Å². The lowest BCUT2D eigenvalue weighted by Crippen LogP contribution is -2.33. The molecule has 3 atom stereocenters. The second-order valence-electron chi connectivity index (χ2n) is 6.16. The third-order valence-corrected chi connectivity index (χ3v) is 4.83. The van der Waals surface area contributed by atoms with Crippen LogP contribution in [-0.2, 0) is 9.59 Å². The maximum absolute atomic E-state index is 13.0. The average Bonchev–Trinajstić information content (AvgIpc) is 3.37. The van der Waals surface area contributed by atoms with Crippen molar-refractivity contribution < 1.29 is 19.1 Å². The number of rotatable bonds is 6. The van der Waals surface area contributed by atoms with Crippen LogP contribution in [0.1, 0.15) is 29.4 Å². The molecule has 1 aliphatic rings. The third-order valence-electron chi connectivity index (χ3n) is 4.48. The molecule has 1 saturated carbocycles. The van der Waals surface area contributed by atoms with Crippen LogP contribution in [0.3, 0.4) is 0 Å². The average molecular weight is 362 g/mol. The number of halogens is 2. The van der Waals surface area contributed by atoms with Gasteiger partial charge in [-0.05, 0) is 41.7 Å². The van der Waals surface area contributed by atoms with Gasteiger partial charge in [0, 0.05) is 17.5 Å². The molecule has 0 bridgehead atoms. The minimum Gasteiger partial charge on any atom is -0.481 e. The highest BCUT2D eigenvalue weighted by Crippen LogP contribution is 2.49. The molecule has 25 heavy (non-hydrogen) atoms. The first-order valence-electron chi connectivity index (χ1n) is 7.97. The highest BCUT2D eigenvalue weighted by molar-refractivity contribution is 6.31. The zero-order chi connectivity index (χ0) is 18.0. The van der Waals surface area contributed by atoms with Crippen LogP contribution in [0.4, 0.5) is 4.39 Å². The summed E-state index contributed by atoms with van der Waals surface area (Å²) in [5.74, 6) is -2.71. The molecule has 130 valence electrons. The Kier molecular flexibility index (Phi) is 5.04. The number of hydrogen-bond donors (Lipinski definition) is 2. The molecule has 0 aliphatic heterocycles. The van der Waals surface area contributed by atoms with Crippen LogP contribution in [-0.4, -0.2) is 23.5 Å². The van der Waals surface area contributed by atoms with Crippen molar-refractivity contribution in [3.63, 3.8) is 0 Å². The summed E-state index contributed by atoms with van der Waals surface area (Å²) in [6.07, 6.45) is 0.698. The number of aliphatic carboxylic acids is 1. The number of carboxylic acids is 1. The molecule has 1 aliphatic carbocycles. The Bertz CT molecular complexity index is 794. The lowest BCUT2D eigenvalue weighted by Gasteiger charge is -2.14. The number of carbonyl (C=O) groups excluding carboxylic acids is 1. The Labute approximate surface area is 149 Å². The van der Waals surface area contributed by atoms with Crippen molar-refractivity contribution in [2.45, 2.75) is 18.3 Å². The Morgan fingerprint density at radius 2 is 1.88 bits per heavy atom. The Balaban J connectivity index is 1.61. The molecule has 0 radical (unpaired) electrons. The summed E-state index contributed by atoms with van der Waals surface area (Å²) in [6, 6.07) is 12.7. The summed E-state index contributed by atoms with van der Waals surface area (Å²) in [4.78, 5) is 23.8. The first-order valence-corrected chi connectivity index (χ1v) is 8.35. The summed E-state index contributed by atoms with van der Waals surface area (Å²) < 4.78 is 13.0. The molecule has 0 aromatic heterocycles. The van der Waals surface area contributed by atoms with Gasteiger partial charge >= 0.3 is 5.97 Å². The van der Waals surface area contributed by atoms with E-state index in [1.165, 1.54) is 24.3 Å². The number of amides is 1. The standard InChI is InChI=1S/C19H17ClFNO3/c20-17-4-2-1-3-13(17)14-9-15(14)18(23)22-10-16(19(24)25)11-5-7-12(21)8-6-11/h1-8,14-16H,9-10H2,(H,22,23)(H,24,25)/t14-,15+,16-/m1/s1. The molecule has 0 saturated heterocycles. The minimum atomic E-state index is -1.06. The van der Waals surface area contributed by atoms with E-state index in [2.05, 4.69) is 5.32 Å². The summed E-state index contributed by atoms with van der Waals surface area (Å²) in [5.41, 5.74) is 1.39. The maximum Gasteiger partial charge on any atom is 0.312 e. The van der Waals surface area contributed by atoms with E-state index in [0.29, 0.717) is 17.0 Å². The van der Waals surface area contributed by atoms with Crippen molar-refractivity contribution >= 4 is 23.5 Å². The van der Waals surface area contributed by atoms with E-state index >= 15 is 0 Å². The zero-order valence-corrected chi connectivity index (χ0v) is 14.0. The van der Waals surface area contributed by atoms with Gasteiger partial charge in [-0.2, -0.15) is 0 Å². The maximum atomic E-state index is 13.0. The smallest absolute Gasteiger partial charge is 0.312 e. The molecule has 1 fully saturated rings. The zero-order valence-electron chi connectivity index (χ0n) is 13.3. The molecule has 0 heterocycles. The van der Waals surface area contributed by atoms with Crippen molar-refractivity contribution in [3.05, 3.63) is 70.5 Å². The van der Waals surface area contributed by atoms with Crippen LogP contribution in [0.25, 0.3) is 0 Å². The van der Waals surface area contributed by atoms with E-state index in [1.54, 1.807) is 6.07 Å². The lowest BCUT2D eigenvalue weighted by molar-refractivity contribution is -0.138. The van der Waals surface area contributed by atoms with Crippen LogP contribution in [0, 0.1) is 11.7 Å². The molecule has 2 N–H and O–H groups in total. The van der Waals surface area contributed by atoms with E-state index in [4.69, 9.17) is 11.6 Å². The first kappa shape index (κ1) is 17.4. The van der Waals surface area contributed by atoms with Crippen molar-refractivity contribution in [2.24, 2.45) is 5.92 Å². The summed E-state index contributed by atoms with van der Waals surface area (Å²) >= 11 is 6.15. The topological polar surface area (TPSA) is 66.4 Å². The van der Waals surface area contributed by atoms with Gasteiger partial charge in [-0.3, -0.25) is 9.59 Å². The van der Waals surface area contributed by atoms with E-state index in [-0.39, 0.29) is 24.3 Å². The summed E-state index contributed by atoms with van der Waals surface area (Å²) in [6.45, 7) is -0.0362. The normalized spacial score (nSPS) is 19.9. The Hall–Kier alpha value is -2.40. The van der Waals surface area contributed by atoms with Crippen molar-refractivity contribution in [3.8, 4) is 0 Å². The van der Waals surface area contributed by atoms with Crippen molar-refractivity contribution in [1.82, 2.24) is 5.32 Å². The highest BCUT2D eigenvalue weighted by atomic mass is 35.5. The Morgan fingerprint density at radius 1 is 1.20 bits per heavy atom. The summed E-state index contributed by atoms with van der Waals surface area (Å²) in [5, 5.41) is 12.7. The van der Waals surface area contributed by atoms with Crippen LogP contribution >= 0.6 is 11.6 Å². The predicted molar refractivity (Wildman–Crippen MR) is 92.1 cm³/mol. The van der Waals surface area contributed by atoms with Crippen LogP contribution in [0.5, 0.6) is 0 Å². The second-order valence-corrected chi connectivity index (χ2v) is 6.56. The van der Waals surface area contributed by atoms with Gasteiger partial charge in [0.25, 0.3) is 0 Å². The molecular formula is C19H17ClFNO3. The number of carboxylic acid groups (broad SMARTS) is 1. The predicted octanol–water partition coefficient (Wildman–Crippen LogP) is 3.57. The fourth-order valence-corrected chi connectivity index (χ4v) is 3.26. The van der Waals surface area contributed by atoms with Gasteiger partial charge < -0.3 is 10.4 Å². The molecule has 2 aromatic carbocycles. The first-order chi connectivity index (χ1) is 12.0. The second kappa shape index (κ2) is 7.23. The molecule has 1 amide bonds. The van der Waals surface area contributed by atoms with Gasteiger partial charge in [-0.15, -0.1) is 0 Å². The molecule has 0 unspecified atom stereocenters. The largest absolute Gasteiger partial charge is 0.481 e. The minimum absolute atomic E-state index is 0.0362. The molecule has 4 nitrogen and oxygen atoms in total. The van der Waals surface area contributed by atoms with Gasteiger partial charge in [0.2, 0.25) is 5.91 Å². The molecule has 3 rings (SSSR count). The van der Waals surface area contributed by atoms with E-state index < -0.39 is 17.7 Å². The van der Waals surface area contributed by atoms with Crippen LogP contribution in [0.2, 0.25) is 5.02 Å². The van der Waals surface area contributed by atoms with Crippen molar-refractivity contribution in [2.75, 3.05) is 6.54 Å². The van der Waals surface area contributed by atoms with Gasteiger partial charge in [-0.1, -0.05) is 41.9 Å². The number of hydrogen-bond acceptors (Lipinski definition) is 2. The molecule has 0 spiro atoms. The van der Waals surface area contributed by atoms with Gasteiger partial charge in [0.05, 0.1) is 5.92 Å². The van der Waals surface area contributed by atoms with Crippen LogP contribution in [0.15, 0.2) is 48.5 Å². The fraction of sp³-hybridized carbons (Fsp3) is 0.263. The van der Waals surface area contributed by atoms with E-state index in [0.717, 1.165) is 5.56 Å². The Morgan fingerprint density at radius 3 is 2.52 bits per heavy atom. The van der Waals surface area contributed by atoms with Crippen LogP contribution < -0.4 is 5.32 Å². The van der Waals surface area contributed by atoms with Gasteiger partial charge in [-0.25, -0.2) is 4.39 Å². The quantitative estimate of drug-likeness (QED) is 0.826. The third kappa shape index (κ3) is 3.99. The SMILES string of the molecule is O=C(NC[C@@H](C(=O)O)c1ccc(F)cc1)[C@H]1C[C@@H]1c1ccccc1Cl. The number of benzene rings is 2. The number of nitrogens with one attached hydrogen (secondary N) is 1. The van der Waals surface area contributed by atoms with E-state index in [9.17, 15) is 19.1 Å². The molecular weight excluding hydrogens is 345 g/mol. The highest BCUT2D eigenvalue weighted by Gasteiger charge is 2.44. The fourth-order valence-electron chi connectivity index (χ4n) is 2.98. The lowest BCUT2D eigenvalue weighted by atomic mass is 9.99. The monoisotopic (exact) mass is 361 g/mol.